The summed E-state index contributed by atoms with van der Waals surface area (Å²) in [6.45, 7) is 2.54. The lowest BCUT2D eigenvalue weighted by atomic mass is 10.0. The molecular weight excluding hydrogens is 563 g/mol. The van der Waals surface area contributed by atoms with E-state index >= 15 is 0 Å². The van der Waals surface area contributed by atoms with Gasteiger partial charge in [0.2, 0.25) is 5.91 Å². The summed E-state index contributed by atoms with van der Waals surface area (Å²) in [5, 5.41) is 3.95. The van der Waals surface area contributed by atoms with Crippen LogP contribution in [0.25, 0.3) is 0 Å². The van der Waals surface area contributed by atoms with Gasteiger partial charge in [-0.1, -0.05) is 94.9 Å². The average molecular weight is 592 g/mol. The van der Waals surface area contributed by atoms with Gasteiger partial charge in [-0.05, 0) is 47.9 Å². The maximum Gasteiger partial charge on any atom is 0.261 e. The number of unbranched alkanes of at least 4 members (excludes halogenated alkanes) is 1. The van der Waals surface area contributed by atoms with Crippen LogP contribution in [0.1, 0.15) is 30.9 Å². The topological polar surface area (TPSA) is 58.6 Å². The lowest BCUT2D eigenvalue weighted by Crippen LogP contribution is -2.51. The fourth-order valence-corrected chi connectivity index (χ4v) is 4.65. The zero-order valence-corrected chi connectivity index (χ0v) is 23.2. The third kappa shape index (κ3) is 8.54. The Hall–Kier alpha value is -2.54. The Morgan fingerprint density at radius 3 is 2.44 bits per heavy atom. The number of nitrogens with one attached hydrogen (secondary N) is 1. The summed E-state index contributed by atoms with van der Waals surface area (Å²) in [7, 11) is 0. The van der Waals surface area contributed by atoms with Crippen molar-refractivity contribution in [3.05, 3.63) is 98.4 Å². The molecule has 0 saturated carbocycles. The molecule has 36 heavy (non-hydrogen) atoms. The number of carbonyl (C=O) groups excluding carboxylic acids is 2. The molecule has 0 spiro atoms. The second kappa shape index (κ2) is 14.3. The first kappa shape index (κ1) is 28.0. The van der Waals surface area contributed by atoms with Crippen LogP contribution in [0, 0.1) is 0 Å². The van der Waals surface area contributed by atoms with Crippen molar-refractivity contribution in [3.8, 4) is 5.75 Å². The number of nitrogens with zero attached hydrogens (tertiary/aromatic N) is 1. The van der Waals surface area contributed by atoms with E-state index in [-0.39, 0.29) is 25.0 Å². The van der Waals surface area contributed by atoms with Gasteiger partial charge in [0.25, 0.3) is 5.91 Å². The van der Waals surface area contributed by atoms with Crippen LogP contribution in [-0.2, 0) is 22.6 Å². The van der Waals surface area contributed by atoms with Gasteiger partial charge in [-0.2, -0.15) is 0 Å². The summed E-state index contributed by atoms with van der Waals surface area (Å²) in [6.07, 6.45) is 2.18. The molecule has 0 radical (unpaired) electrons. The molecule has 3 rings (SSSR count). The molecule has 190 valence electrons. The van der Waals surface area contributed by atoms with Gasteiger partial charge in [-0.3, -0.25) is 9.59 Å². The highest BCUT2D eigenvalue weighted by molar-refractivity contribution is 9.10. The van der Waals surface area contributed by atoms with E-state index in [9.17, 15) is 9.59 Å². The molecule has 2 amide bonds. The molecule has 0 heterocycles. The van der Waals surface area contributed by atoms with Crippen molar-refractivity contribution in [2.75, 3.05) is 13.2 Å². The average Bonchev–Trinajstić information content (AvgIpc) is 2.86. The minimum Gasteiger partial charge on any atom is -0.482 e. The van der Waals surface area contributed by atoms with Crippen LogP contribution in [0.5, 0.6) is 5.75 Å². The van der Waals surface area contributed by atoms with Gasteiger partial charge in [-0.15, -0.1) is 0 Å². The molecule has 0 saturated heterocycles. The number of halogens is 3. The van der Waals surface area contributed by atoms with E-state index in [0.29, 0.717) is 28.8 Å². The molecule has 8 heteroatoms. The quantitative estimate of drug-likeness (QED) is 0.239. The third-order valence-electron chi connectivity index (χ3n) is 5.59. The summed E-state index contributed by atoms with van der Waals surface area (Å²) in [4.78, 5) is 28.5. The fraction of sp³-hybridized carbons (Fsp3) is 0.286. The molecule has 3 aromatic carbocycles. The van der Waals surface area contributed by atoms with Crippen LogP contribution < -0.4 is 10.1 Å². The monoisotopic (exact) mass is 590 g/mol. The van der Waals surface area contributed by atoms with Gasteiger partial charge in [0.15, 0.2) is 6.61 Å². The largest absolute Gasteiger partial charge is 0.482 e. The highest BCUT2D eigenvalue weighted by Crippen LogP contribution is 2.28. The Morgan fingerprint density at radius 2 is 1.75 bits per heavy atom. The van der Waals surface area contributed by atoms with Crippen molar-refractivity contribution < 1.29 is 14.3 Å². The minimum atomic E-state index is -0.736. The van der Waals surface area contributed by atoms with Crippen molar-refractivity contribution in [2.45, 2.75) is 38.8 Å². The van der Waals surface area contributed by atoms with E-state index in [4.69, 9.17) is 27.9 Å². The van der Waals surface area contributed by atoms with E-state index in [1.807, 2.05) is 42.5 Å². The minimum absolute atomic E-state index is 0.204. The van der Waals surface area contributed by atoms with Crippen LogP contribution in [0.4, 0.5) is 0 Å². The SMILES string of the molecule is CCCCNC(=O)[C@H](Cc1ccccc1)N(Cc1cccc(Cl)c1)C(=O)COc1ccc(Br)cc1Cl. The maximum absolute atomic E-state index is 13.6. The van der Waals surface area contributed by atoms with Crippen molar-refractivity contribution >= 4 is 50.9 Å². The van der Waals surface area contributed by atoms with Gasteiger partial charge in [0, 0.05) is 29.0 Å². The Balaban J connectivity index is 1.89. The molecule has 1 N–H and O–H groups in total. The lowest BCUT2D eigenvalue weighted by Gasteiger charge is -2.31. The Labute approximate surface area is 230 Å². The smallest absolute Gasteiger partial charge is 0.261 e. The normalized spacial score (nSPS) is 11.6. The van der Waals surface area contributed by atoms with E-state index in [2.05, 4.69) is 28.2 Å². The second-order valence-electron chi connectivity index (χ2n) is 8.37. The first-order valence-corrected chi connectivity index (χ1v) is 13.4. The Bertz CT molecular complexity index is 1160. The van der Waals surface area contributed by atoms with Crippen molar-refractivity contribution in [1.29, 1.82) is 0 Å². The van der Waals surface area contributed by atoms with Crippen LogP contribution >= 0.6 is 39.1 Å². The zero-order chi connectivity index (χ0) is 25.9. The highest BCUT2D eigenvalue weighted by Gasteiger charge is 2.30. The summed E-state index contributed by atoms with van der Waals surface area (Å²) >= 11 is 15.8. The van der Waals surface area contributed by atoms with Crippen LogP contribution in [0.15, 0.2) is 77.3 Å². The number of rotatable bonds is 12. The molecule has 0 aromatic heterocycles. The molecule has 1 atom stereocenters. The zero-order valence-electron chi connectivity index (χ0n) is 20.1. The van der Waals surface area contributed by atoms with Crippen molar-refractivity contribution in [3.63, 3.8) is 0 Å². The fourth-order valence-electron chi connectivity index (χ4n) is 3.71. The Kier molecular flexibility index (Phi) is 11.1. The summed E-state index contributed by atoms with van der Waals surface area (Å²) < 4.78 is 6.58. The first-order valence-electron chi connectivity index (χ1n) is 11.8. The molecule has 0 fully saturated rings. The number of hydrogen-bond donors (Lipinski definition) is 1. The van der Waals surface area contributed by atoms with E-state index in [0.717, 1.165) is 28.4 Å². The molecule has 5 nitrogen and oxygen atoms in total. The van der Waals surface area contributed by atoms with E-state index < -0.39 is 6.04 Å². The predicted octanol–water partition coefficient (Wildman–Crippen LogP) is 6.69. The van der Waals surface area contributed by atoms with Crippen molar-refractivity contribution in [2.24, 2.45) is 0 Å². The number of benzene rings is 3. The number of amides is 2. The molecular formula is C28H29BrCl2N2O3. The summed E-state index contributed by atoms with van der Waals surface area (Å²) in [5.41, 5.74) is 1.77. The van der Waals surface area contributed by atoms with Crippen LogP contribution in [0.3, 0.4) is 0 Å². The van der Waals surface area contributed by atoms with Crippen molar-refractivity contribution in [1.82, 2.24) is 10.2 Å². The summed E-state index contributed by atoms with van der Waals surface area (Å²) in [6, 6.07) is 21.4. The molecule has 3 aromatic rings. The van der Waals surface area contributed by atoms with Gasteiger partial charge in [0.05, 0.1) is 5.02 Å². The maximum atomic E-state index is 13.6. The molecule has 0 aliphatic carbocycles. The molecule has 0 aliphatic rings. The number of ether oxygens (including phenoxy) is 1. The van der Waals surface area contributed by atoms with Gasteiger partial charge >= 0.3 is 0 Å². The van der Waals surface area contributed by atoms with E-state index in [1.165, 1.54) is 0 Å². The first-order chi connectivity index (χ1) is 17.4. The predicted molar refractivity (Wildman–Crippen MR) is 149 cm³/mol. The third-order valence-corrected chi connectivity index (χ3v) is 6.61. The van der Waals surface area contributed by atoms with Gasteiger partial charge in [-0.25, -0.2) is 0 Å². The standard InChI is InChI=1S/C28H29BrCl2N2O3/c1-2-3-14-32-28(35)25(16-20-8-5-4-6-9-20)33(18-21-10-7-11-23(30)15-21)27(34)19-36-26-13-12-22(29)17-24(26)31/h4-13,15,17,25H,2-3,14,16,18-19H2,1H3,(H,32,35)/t25-/m0/s1. The van der Waals surface area contributed by atoms with Crippen LogP contribution in [0.2, 0.25) is 10.0 Å². The molecule has 0 unspecified atom stereocenters. The van der Waals surface area contributed by atoms with Gasteiger partial charge < -0.3 is 15.0 Å². The van der Waals surface area contributed by atoms with Gasteiger partial charge in [0.1, 0.15) is 11.8 Å². The van der Waals surface area contributed by atoms with E-state index in [1.54, 1.807) is 35.2 Å². The summed E-state index contributed by atoms with van der Waals surface area (Å²) in [5.74, 6) is -0.146. The second-order valence-corrected chi connectivity index (χ2v) is 10.1. The highest BCUT2D eigenvalue weighted by atomic mass is 79.9. The molecule has 0 bridgehead atoms. The lowest BCUT2D eigenvalue weighted by molar-refractivity contribution is -0.142. The molecule has 0 aliphatic heterocycles. The Morgan fingerprint density at radius 1 is 1.00 bits per heavy atom. The van der Waals surface area contributed by atoms with Crippen LogP contribution in [-0.4, -0.2) is 35.9 Å². The number of carbonyl (C=O) groups is 2. The number of hydrogen-bond acceptors (Lipinski definition) is 3.